The zero-order chi connectivity index (χ0) is 20.6. The zero-order valence-corrected chi connectivity index (χ0v) is 17.1. The van der Waals surface area contributed by atoms with Crippen molar-refractivity contribution in [3.8, 4) is 22.6 Å². The Morgan fingerprint density at radius 3 is 2.31 bits per heavy atom. The van der Waals surface area contributed by atoms with Crippen molar-refractivity contribution in [1.29, 1.82) is 0 Å². The lowest BCUT2D eigenvalue weighted by molar-refractivity contribution is -0.140. The second kappa shape index (κ2) is 9.78. The van der Waals surface area contributed by atoms with Gasteiger partial charge in [0.15, 0.2) is 0 Å². The zero-order valence-electron chi connectivity index (χ0n) is 17.1. The molecule has 0 N–H and O–H groups in total. The molecule has 0 aliphatic carbocycles. The summed E-state index contributed by atoms with van der Waals surface area (Å²) in [4.78, 5) is 11.2. The van der Waals surface area contributed by atoms with E-state index < -0.39 is 0 Å². The van der Waals surface area contributed by atoms with Gasteiger partial charge in [0.2, 0.25) is 0 Å². The van der Waals surface area contributed by atoms with Gasteiger partial charge in [-0.3, -0.25) is 4.79 Å². The van der Waals surface area contributed by atoms with Crippen molar-refractivity contribution < 1.29 is 19.0 Å². The Morgan fingerprint density at radius 2 is 1.62 bits per heavy atom. The van der Waals surface area contributed by atoms with Crippen LogP contribution >= 0.6 is 0 Å². The SMILES string of the molecule is COC(=O)CCc1ccc(OCc2cccc(-c3ccc(OC)cc3C)c2)cc1. The molecule has 0 fully saturated rings. The summed E-state index contributed by atoms with van der Waals surface area (Å²) in [6, 6.07) is 22.3. The Labute approximate surface area is 172 Å². The predicted molar refractivity (Wildman–Crippen MR) is 114 cm³/mol. The number of ether oxygens (including phenoxy) is 3. The third-order valence-electron chi connectivity index (χ3n) is 4.85. The van der Waals surface area contributed by atoms with Crippen molar-refractivity contribution in [2.24, 2.45) is 0 Å². The van der Waals surface area contributed by atoms with E-state index in [9.17, 15) is 4.79 Å². The summed E-state index contributed by atoms with van der Waals surface area (Å²) in [7, 11) is 3.09. The number of rotatable bonds is 8. The van der Waals surface area contributed by atoms with Gasteiger partial charge in [-0.1, -0.05) is 36.4 Å². The van der Waals surface area contributed by atoms with Crippen LogP contribution in [-0.4, -0.2) is 20.2 Å². The summed E-state index contributed by atoms with van der Waals surface area (Å²) in [6.45, 7) is 2.58. The maximum Gasteiger partial charge on any atom is 0.305 e. The second-order valence-corrected chi connectivity index (χ2v) is 6.89. The molecule has 0 spiro atoms. The highest BCUT2D eigenvalue weighted by atomic mass is 16.5. The average Bonchev–Trinajstić information content (AvgIpc) is 2.76. The number of methoxy groups -OCH3 is 2. The first kappa shape index (κ1) is 20.5. The molecule has 0 aliphatic rings. The van der Waals surface area contributed by atoms with E-state index in [4.69, 9.17) is 9.47 Å². The van der Waals surface area contributed by atoms with Gasteiger partial charge in [-0.05, 0) is 71.5 Å². The largest absolute Gasteiger partial charge is 0.497 e. The molecule has 3 aromatic carbocycles. The molecule has 0 saturated heterocycles. The van der Waals surface area contributed by atoms with Crippen molar-refractivity contribution >= 4 is 5.97 Å². The van der Waals surface area contributed by atoms with E-state index in [0.29, 0.717) is 19.4 Å². The van der Waals surface area contributed by atoms with Crippen LogP contribution in [0.5, 0.6) is 11.5 Å². The van der Waals surface area contributed by atoms with Gasteiger partial charge in [-0.2, -0.15) is 0 Å². The van der Waals surface area contributed by atoms with Crippen LogP contribution in [0.2, 0.25) is 0 Å². The van der Waals surface area contributed by atoms with Gasteiger partial charge in [0.05, 0.1) is 14.2 Å². The van der Waals surface area contributed by atoms with Crippen molar-refractivity contribution in [2.75, 3.05) is 14.2 Å². The van der Waals surface area contributed by atoms with Gasteiger partial charge in [0, 0.05) is 6.42 Å². The lowest BCUT2D eigenvalue weighted by atomic mass is 9.99. The van der Waals surface area contributed by atoms with Crippen molar-refractivity contribution in [2.45, 2.75) is 26.4 Å². The number of carbonyl (C=O) groups is 1. The lowest BCUT2D eigenvalue weighted by Crippen LogP contribution is -2.02. The van der Waals surface area contributed by atoms with Gasteiger partial charge >= 0.3 is 5.97 Å². The van der Waals surface area contributed by atoms with Crippen molar-refractivity contribution in [3.05, 3.63) is 83.4 Å². The van der Waals surface area contributed by atoms with Gasteiger partial charge in [0.25, 0.3) is 0 Å². The Balaban J connectivity index is 1.63. The summed E-state index contributed by atoms with van der Waals surface area (Å²) < 4.78 is 15.9. The molecule has 0 heterocycles. The summed E-state index contributed by atoms with van der Waals surface area (Å²) in [5.41, 5.74) is 5.70. The molecule has 150 valence electrons. The van der Waals surface area contributed by atoms with E-state index in [2.05, 4.69) is 35.9 Å². The van der Waals surface area contributed by atoms with Gasteiger partial charge in [-0.25, -0.2) is 0 Å². The normalized spacial score (nSPS) is 10.4. The molecule has 0 saturated carbocycles. The molecular formula is C25H26O4. The lowest BCUT2D eigenvalue weighted by Gasteiger charge is -2.11. The fraction of sp³-hybridized carbons (Fsp3) is 0.240. The highest BCUT2D eigenvalue weighted by Gasteiger charge is 2.06. The Hall–Kier alpha value is -3.27. The van der Waals surface area contributed by atoms with Crippen LogP contribution in [0.1, 0.15) is 23.1 Å². The molecule has 0 bridgehead atoms. The quantitative estimate of drug-likeness (QED) is 0.486. The summed E-state index contributed by atoms with van der Waals surface area (Å²) in [6.07, 6.45) is 1.05. The molecule has 0 unspecified atom stereocenters. The minimum atomic E-state index is -0.197. The monoisotopic (exact) mass is 390 g/mol. The highest BCUT2D eigenvalue weighted by molar-refractivity contribution is 5.69. The average molecular weight is 390 g/mol. The van der Waals surface area contributed by atoms with Crippen LogP contribution in [0.3, 0.4) is 0 Å². The molecule has 0 aromatic heterocycles. The minimum Gasteiger partial charge on any atom is -0.497 e. The number of esters is 1. The smallest absolute Gasteiger partial charge is 0.305 e. The summed E-state index contributed by atoms with van der Waals surface area (Å²) in [5.74, 6) is 1.47. The Bertz CT molecular complexity index is 961. The predicted octanol–water partition coefficient (Wildman–Crippen LogP) is 5.36. The third kappa shape index (κ3) is 5.61. The van der Waals surface area contributed by atoms with E-state index in [1.54, 1.807) is 7.11 Å². The second-order valence-electron chi connectivity index (χ2n) is 6.89. The molecule has 4 heteroatoms. The summed E-state index contributed by atoms with van der Waals surface area (Å²) in [5, 5.41) is 0. The van der Waals surface area contributed by atoms with Crippen LogP contribution in [0.4, 0.5) is 0 Å². The first-order chi connectivity index (χ1) is 14.1. The molecule has 0 aliphatic heterocycles. The van der Waals surface area contributed by atoms with Crippen LogP contribution in [-0.2, 0) is 22.6 Å². The number of benzene rings is 3. The molecule has 29 heavy (non-hydrogen) atoms. The molecule has 0 atom stereocenters. The van der Waals surface area contributed by atoms with Crippen LogP contribution < -0.4 is 9.47 Å². The van der Waals surface area contributed by atoms with E-state index in [1.807, 2.05) is 42.5 Å². The van der Waals surface area contributed by atoms with E-state index in [-0.39, 0.29) is 5.97 Å². The standard InChI is InChI=1S/C25H26O4/c1-18-15-23(27-2)12-13-24(18)21-6-4-5-20(16-21)17-29-22-10-7-19(8-11-22)9-14-25(26)28-3/h4-8,10-13,15-16H,9,14,17H2,1-3H3. The maximum atomic E-state index is 11.2. The van der Waals surface area contributed by atoms with Crippen molar-refractivity contribution in [1.82, 2.24) is 0 Å². The van der Waals surface area contributed by atoms with E-state index in [1.165, 1.54) is 18.2 Å². The van der Waals surface area contributed by atoms with Gasteiger partial charge < -0.3 is 14.2 Å². The number of carbonyl (C=O) groups excluding carboxylic acids is 1. The molecule has 0 amide bonds. The first-order valence-corrected chi connectivity index (χ1v) is 9.61. The fourth-order valence-corrected chi connectivity index (χ4v) is 3.18. The Kier molecular flexibility index (Phi) is 6.90. The third-order valence-corrected chi connectivity index (χ3v) is 4.85. The maximum absolute atomic E-state index is 11.2. The molecule has 3 aromatic rings. The number of hydrogen-bond donors (Lipinski definition) is 0. The van der Waals surface area contributed by atoms with Gasteiger partial charge in [-0.15, -0.1) is 0 Å². The highest BCUT2D eigenvalue weighted by Crippen LogP contribution is 2.28. The first-order valence-electron chi connectivity index (χ1n) is 9.61. The number of aryl methyl sites for hydroxylation is 2. The fourth-order valence-electron chi connectivity index (χ4n) is 3.18. The summed E-state index contributed by atoms with van der Waals surface area (Å²) >= 11 is 0. The van der Waals surface area contributed by atoms with Crippen molar-refractivity contribution in [3.63, 3.8) is 0 Å². The molecule has 3 rings (SSSR count). The van der Waals surface area contributed by atoms with Crippen LogP contribution in [0.15, 0.2) is 66.7 Å². The molecule has 0 radical (unpaired) electrons. The van der Waals surface area contributed by atoms with E-state index >= 15 is 0 Å². The van der Waals surface area contributed by atoms with Crippen LogP contribution in [0, 0.1) is 6.92 Å². The molecule has 4 nitrogen and oxygen atoms in total. The number of hydrogen-bond acceptors (Lipinski definition) is 4. The topological polar surface area (TPSA) is 44.8 Å². The minimum absolute atomic E-state index is 0.197. The van der Waals surface area contributed by atoms with E-state index in [0.717, 1.165) is 28.2 Å². The molecular weight excluding hydrogens is 364 g/mol. The Morgan fingerprint density at radius 1 is 0.862 bits per heavy atom. The van der Waals surface area contributed by atoms with Gasteiger partial charge in [0.1, 0.15) is 18.1 Å². The van der Waals surface area contributed by atoms with Crippen LogP contribution in [0.25, 0.3) is 11.1 Å².